The number of alkyl halides is 3. The molecular weight excluding hydrogens is 461 g/mol. The molecule has 0 unspecified atom stereocenters. The van der Waals surface area contributed by atoms with Gasteiger partial charge in [-0.3, -0.25) is 4.79 Å². The Morgan fingerprint density at radius 3 is 2.15 bits per heavy atom. The molecule has 0 saturated carbocycles. The second kappa shape index (κ2) is 9.49. The number of nitrogens with zero attached hydrogens (tertiary/aromatic N) is 1. The van der Waals surface area contributed by atoms with Gasteiger partial charge in [0.25, 0.3) is 5.91 Å². The fourth-order valence-corrected chi connectivity index (χ4v) is 3.94. The molecule has 1 aromatic heterocycles. The molecule has 0 spiro atoms. The molecule has 3 aromatic rings. The van der Waals surface area contributed by atoms with Crippen LogP contribution in [0, 0.1) is 6.92 Å². The lowest BCUT2D eigenvalue weighted by Crippen LogP contribution is -2.15. The second-order valence-electron chi connectivity index (χ2n) is 6.71. The average Bonchev–Trinajstić information content (AvgIpc) is 3.19. The predicted molar refractivity (Wildman–Crippen MR) is 116 cm³/mol. The second-order valence-corrected chi connectivity index (χ2v) is 7.71. The molecule has 1 heterocycles. The number of esters is 1. The highest BCUT2D eigenvalue weighted by Gasteiger charge is 2.30. The lowest BCUT2D eigenvalue weighted by molar-refractivity contribution is -0.137. The van der Waals surface area contributed by atoms with E-state index in [-0.39, 0.29) is 27.6 Å². The Balaban J connectivity index is 1.93. The van der Waals surface area contributed by atoms with E-state index in [1.165, 1.54) is 45.6 Å². The van der Waals surface area contributed by atoms with Gasteiger partial charge in [-0.05, 0) is 19.1 Å². The first-order valence-corrected chi connectivity index (χ1v) is 10.2. The number of benzene rings is 2. The molecule has 3 rings (SSSR count). The molecule has 0 atom stereocenters. The van der Waals surface area contributed by atoms with Crippen LogP contribution in [-0.2, 0) is 10.9 Å². The Morgan fingerprint density at radius 2 is 1.61 bits per heavy atom. The van der Waals surface area contributed by atoms with E-state index in [0.29, 0.717) is 16.3 Å². The van der Waals surface area contributed by atoms with Crippen LogP contribution in [0.5, 0.6) is 11.5 Å². The maximum Gasteiger partial charge on any atom is 0.416 e. The van der Waals surface area contributed by atoms with Gasteiger partial charge in [0.05, 0.1) is 43.8 Å². The summed E-state index contributed by atoms with van der Waals surface area (Å²) in [5.74, 6) is -0.695. The van der Waals surface area contributed by atoms with E-state index in [1.54, 1.807) is 6.92 Å². The number of ether oxygens (including phenoxy) is 3. The van der Waals surface area contributed by atoms with E-state index in [1.807, 2.05) is 0 Å². The minimum absolute atomic E-state index is 0.0497. The van der Waals surface area contributed by atoms with Gasteiger partial charge >= 0.3 is 12.1 Å². The van der Waals surface area contributed by atoms with Crippen molar-refractivity contribution in [1.82, 2.24) is 4.98 Å². The van der Waals surface area contributed by atoms with Crippen LogP contribution in [0.15, 0.2) is 36.4 Å². The number of anilines is 1. The van der Waals surface area contributed by atoms with Crippen LogP contribution in [0.2, 0.25) is 0 Å². The summed E-state index contributed by atoms with van der Waals surface area (Å²) in [6, 6.07) is 7.32. The summed E-state index contributed by atoms with van der Waals surface area (Å²) in [6.45, 7) is 1.61. The van der Waals surface area contributed by atoms with Crippen LogP contribution in [-0.4, -0.2) is 38.2 Å². The first-order chi connectivity index (χ1) is 15.6. The first kappa shape index (κ1) is 24.1. The lowest BCUT2D eigenvalue weighted by atomic mass is 10.1. The summed E-state index contributed by atoms with van der Waals surface area (Å²) >= 11 is 1.01. The molecule has 0 saturated heterocycles. The molecule has 11 heteroatoms. The molecular formula is C22H19F3N2O5S. The summed E-state index contributed by atoms with van der Waals surface area (Å²) in [5, 5.41) is 3.03. The highest BCUT2D eigenvalue weighted by molar-refractivity contribution is 7.17. The summed E-state index contributed by atoms with van der Waals surface area (Å²) in [7, 11) is 4.01. The number of nitrogens with one attached hydrogen (secondary N) is 1. The van der Waals surface area contributed by atoms with Crippen molar-refractivity contribution >= 4 is 28.9 Å². The van der Waals surface area contributed by atoms with Crippen LogP contribution >= 0.6 is 11.3 Å². The number of methoxy groups -OCH3 is 3. The van der Waals surface area contributed by atoms with Crippen molar-refractivity contribution in [3.8, 4) is 22.1 Å². The Labute approximate surface area is 191 Å². The smallest absolute Gasteiger partial charge is 0.416 e. The lowest BCUT2D eigenvalue weighted by Gasteiger charge is -2.14. The third-order valence-corrected chi connectivity index (χ3v) is 5.84. The maximum absolute atomic E-state index is 13.0. The number of aryl methyl sites for hydroxylation is 1. The van der Waals surface area contributed by atoms with Gasteiger partial charge < -0.3 is 19.5 Å². The molecule has 0 aliphatic heterocycles. The van der Waals surface area contributed by atoms with Gasteiger partial charge in [0.1, 0.15) is 9.88 Å². The molecule has 0 radical (unpaired) electrons. The summed E-state index contributed by atoms with van der Waals surface area (Å²) in [5.41, 5.74) is 0.229. The van der Waals surface area contributed by atoms with Gasteiger partial charge in [-0.25, -0.2) is 9.78 Å². The van der Waals surface area contributed by atoms with Crippen molar-refractivity contribution in [3.63, 3.8) is 0 Å². The minimum atomic E-state index is -4.45. The van der Waals surface area contributed by atoms with Crippen LogP contribution < -0.4 is 14.8 Å². The van der Waals surface area contributed by atoms with Crippen LogP contribution in [0.3, 0.4) is 0 Å². The number of amides is 1. The molecule has 0 fully saturated rings. The molecule has 0 aliphatic carbocycles. The third kappa shape index (κ3) is 5.08. The van der Waals surface area contributed by atoms with E-state index in [9.17, 15) is 22.8 Å². The molecule has 2 aromatic carbocycles. The Morgan fingerprint density at radius 1 is 1.00 bits per heavy atom. The fraction of sp³-hybridized carbons (Fsp3) is 0.227. The average molecular weight is 480 g/mol. The van der Waals surface area contributed by atoms with Crippen molar-refractivity contribution in [2.75, 3.05) is 26.6 Å². The number of halogens is 3. The van der Waals surface area contributed by atoms with E-state index in [0.717, 1.165) is 23.5 Å². The van der Waals surface area contributed by atoms with Gasteiger partial charge in [-0.15, -0.1) is 11.3 Å². The van der Waals surface area contributed by atoms with Gasteiger partial charge in [0.2, 0.25) is 0 Å². The topological polar surface area (TPSA) is 86.8 Å². The zero-order chi connectivity index (χ0) is 24.3. The zero-order valence-corrected chi connectivity index (χ0v) is 18.8. The van der Waals surface area contributed by atoms with Crippen LogP contribution in [0.1, 0.15) is 31.3 Å². The standard InChI is InChI=1S/C22H19F3N2O5S/c1-11-18(33-20(26-11)12-5-7-13(8-6-12)22(23,24)25)19(28)27-15-10-17(31-3)16(30-2)9-14(15)21(29)32-4/h5-10H,1-4H3,(H,27,28). The minimum Gasteiger partial charge on any atom is -0.493 e. The number of rotatable bonds is 6. The first-order valence-electron chi connectivity index (χ1n) is 9.39. The highest BCUT2D eigenvalue weighted by Crippen LogP contribution is 2.36. The van der Waals surface area contributed by atoms with Crippen LogP contribution in [0.25, 0.3) is 10.6 Å². The number of aromatic nitrogens is 1. The predicted octanol–water partition coefficient (Wildman–Crippen LogP) is 5.19. The van der Waals surface area contributed by atoms with Gasteiger partial charge in [0.15, 0.2) is 11.5 Å². The van der Waals surface area contributed by atoms with Crippen LogP contribution in [0.4, 0.5) is 18.9 Å². The molecule has 1 N–H and O–H groups in total. The quantitative estimate of drug-likeness (QED) is 0.489. The zero-order valence-electron chi connectivity index (χ0n) is 18.0. The van der Waals surface area contributed by atoms with Gasteiger partial charge in [-0.2, -0.15) is 13.2 Å². The third-order valence-electron chi connectivity index (χ3n) is 4.64. The molecule has 174 valence electrons. The molecule has 33 heavy (non-hydrogen) atoms. The van der Waals surface area contributed by atoms with Gasteiger partial charge in [-0.1, -0.05) is 12.1 Å². The Hall–Kier alpha value is -3.60. The number of hydrogen-bond donors (Lipinski definition) is 1. The SMILES string of the molecule is COC(=O)c1cc(OC)c(OC)cc1NC(=O)c1sc(-c2ccc(C(F)(F)F)cc2)nc1C. The largest absolute Gasteiger partial charge is 0.493 e. The van der Waals surface area contributed by atoms with Gasteiger partial charge in [0, 0.05) is 17.7 Å². The molecule has 0 aliphatic rings. The van der Waals surface area contributed by atoms with E-state index in [2.05, 4.69) is 10.3 Å². The summed E-state index contributed by atoms with van der Waals surface area (Å²) in [6.07, 6.45) is -4.45. The highest BCUT2D eigenvalue weighted by atomic mass is 32.1. The van der Waals surface area contributed by atoms with Crippen molar-refractivity contribution in [3.05, 3.63) is 58.1 Å². The number of hydrogen-bond acceptors (Lipinski definition) is 7. The molecule has 7 nitrogen and oxygen atoms in total. The van der Waals surface area contributed by atoms with Crippen molar-refractivity contribution in [1.29, 1.82) is 0 Å². The number of carbonyl (C=O) groups excluding carboxylic acids is 2. The van der Waals surface area contributed by atoms with E-state index < -0.39 is 23.6 Å². The Kier molecular flexibility index (Phi) is 6.92. The normalized spacial score (nSPS) is 11.1. The summed E-state index contributed by atoms with van der Waals surface area (Å²) in [4.78, 5) is 29.7. The maximum atomic E-state index is 13.0. The van der Waals surface area contributed by atoms with Crippen molar-refractivity contribution in [2.45, 2.75) is 13.1 Å². The molecule has 0 bridgehead atoms. The van der Waals surface area contributed by atoms with E-state index >= 15 is 0 Å². The van der Waals surface area contributed by atoms with Crippen molar-refractivity contribution < 1.29 is 37.0 Å². The summed E-state index contributed by atoms with van der Waals surface area (Å²) < 4.78 is 53.6. The van der Waals surface area contributed by atoms with E-state index in [4.69, 9.17) is 14.2 Å². The fourth-order valence-electron chi connectivity index (χ4n) is 2.97. The monoisotopic (exact) mass is 480 g/mol. The van der Waals surface area contributed by atoms with Crippen molar-refractivity contribution in [2.24, 2.45) is 0 Å². The Bertz CT molecular complexity index is 1190. The molecule has 1 amide bonds. The number of carbonyl (C=O) groups is 2. The number of thiazole rings is 1.